The van der Waals surface area contributed by atoms with Gasteiger partial charge in [0.25, 0.3) is 0 Å². The maximum absolute atomic E-state index is 12.0. The van der Waals surface area contributed by atoms with E-state index in [1.165, 1.54) is 11.3 Å². The Labute approximate surface area is 120 Å². The second-order valence-electron chi connectivity index (χ2n) is 3.90. The van der Waals surface area contributed by atoms with Crippen molar-refractivity contribution in [3.05, 3.63) is 33.1 Å². The highest BCUT2D eigenvalue weighted by atomic mass is 32.2. The van der Waals surface area contributed by atoms with Crippen molar-refractivity contribution in [1.82, 2.24) is 9.71 Å². The first-order valence-corrected chi connectivity index (χ1v) is 8.79. The molecular weight excluding hydrogens is 304 g/mol. The van der Waals surface area contributed by atoms with Crippen molar-refractivity contribution in [1.29, 1.82) is 0 Å². The van der Waals surface area contributed by atoms with Gasteiger partial charge in [-0.2, -0.15) is 0 Å². The topological polar surface area (TPSA) is 79.3 Å². The third-order valence-corrected chi connectivity index (χ3v) is 6.52. The van der Waals surface area contributed by atoms with Crippen molar-refractivity contribution in [2.24, 2.45) is 0 Å². The first-order valence-electron chi connectivity index (χ1n) is 5.61. The van der Waals surface area contributed by atoms with Gasteiger partial charge >= 0.3 is 0 Å². The highest BCUT2D eigenvalue weighted by Gasteiger charge is 2.18. The number of hydrogen-bond donors (Lipinski definition) is 2. The van der Waals surface area contributed by atoms with Crippen LogP contribution in [0.4, 0.5) is 0 Å². The van der Waals surface area contributed by atoms with Crippen LogP contribution in [0.15, 0.2) is 21.9 Å². The Hall–Kier alpha value is -0.800. The Morgan fingerprint density at radius 2 is 2.26 bits per heavy atom. The van der Waals surface area contributed by atoms with Gasteiger partial charge in [-0.15, -0.1) is 22.7 Å². The number of sulfonamides is 1. The maximum Gasteiger partial charge on any atom is 0.250 e. The van der Waals surface area contributed by atoms with Gasteiger partial charge in [-0.1, -0.05) is 0 Å². The summed E-state index contributed by atoms with van der Waals surface area (Å²) in [4.78, 5) is 4.77. The molecule has 2 aromatic rings. The summed E-state index contributed by atoms with van der Waals surface area (Å²) in [5.41, 5.74) is 0.799. The predicted octanol–water partition coefficient (Wildman–Crippen LogP) is 1.53. The van der Waals surface area contributed by atoms with E-state index in [0.717, 1.165) is 21.9 Å². The van der Waals surface area contributed by atoms with E-state index in [1.807, 2.05) is 5.38 Å². The molecule has 0 bridgehead atoms. The molecule has 0 fully saturated rings. The molecule has 0 radical (unpaired) electrons. The molecule has 0 saturated heterocycles. The number of thiophene rings is 1. The van der Waals surface area contributed by atoms with Gasteiger partial charge < -0.3 is 5.11 Å². The van der Waals surface area contributed by atoms with Gasteiger partial charge in [0.2, 0.25) is 10.0 Å². The lowest BCUT2D eigenvalue weighted by Crippen LogP contribution is -2.25. The molecule has 2 rings (SSSR count). The van der Waals surface area contributed by atoms with Crippen molar-refractivity contribution >= 4 is 32.7 Å². The Balaban J connectivity index is 2.01. The zero-order chi connectivity index (χ0) is 13.9. The SMILES string of the molecule is Cc1cc(S(=O)(=O)NCCc2nccs2)sc1CO. The molecule has 8 heteroatoms. The highest BCUT2D eigenvalue weighted by molar-refractivity contribution is 7.91. The fraction of sp³-hybridized carbons (Fsp3) is 0.364. The molecule has 0 aliphatic rings. The maximum atomic E-state index is 12.0. The summed E-state index contributed by atoms with van der Waals surface area (Å²) in [6, 6.07) is 1.59. The smallest absolute Gasteiger partial charge is 0.250 e. The Kier molecular flexibility index (Phi) is 4.69. The highest BCUT2D eigenvalue weighted by Crippen LogP contribution is 2.25. The molecular formula is C11H14N2O3S3. The quantitative estimate of drug-likeness (QED) is 0.846. The molecule has 5 nitrogen and oxygen atoms in total. The fourth-order valence-electron chi connectivity index (χ4n) is 1.52. The first kappa shape index (κ1) is 14.6. The summed E-state index contributed by atoms with van der Waals surface area (Å²) < 4.78 is 26.9. The third kappa shape index (κ3) is 3.61. The number of aromatic nitrogens is 1. The summed E-state index contributed by atoms with van der Waals surface area (Å²) in [5.74, 6) is 0. The van der Waals surface area contributed by atoms with Crippen molar-refractivity contribution in [3.8, 4) is 0 Å². The zero-order valence-corrected chi connectivity index (χ0v) is 12.7. The van der Waals surface area contributed by atoms with Crippen LogP contribution in [0.25, 0.3) is 0 Å². The lowest BCUT2D eigenvalue weighted by Gasteiger charge is -2.02. The number of thiazole rings is 1. The minimum Gasteiger partial charge on any atom is -0.391 e. The summed E-state index contributed by atoms with van der Waals surface area (Å²) in [7, 11) is -3.49. The van der Waals surface area contributed by atoms with E-state index >= 15 is 0 Å². The lowest BCUT2D eigenvalue weighted by molar-refractivity contribution is 0.285. The Morgan fingerprint density at radius 1 is 1.47 bits per heavy atom. The van der Waals surface area contributed by atoms with Crippen molar-refractivity contribution < 1.29 is 13.5 Å². The van der Waals surface area contributed by atoms with E-state index in [1.54, 1.807) is 19.2 Å². The Bertz CT molecular complexity index is 632. The Morgan fingerprint density at radius 3 is 2.84 bits per heavy atom. The number of rotatable bonds is 6. The summed E-state index contributed by atoms with van der Waals surface area (Å²) in [5, 5.41) is 11.9. The summed E-state index contributed by atoms with van der Waals surface area (Å²) in [6.45, 7) is 1.98. The molecule has 0 aromatic carbocycles. The number of nitrogens with one attached hydrogen (secondary N) is 1. The van der Waals surface area contributed by atoms with Gasteiger partial charge in [0.15, 0.2) is 0 Å². The van der Waals surface area contributed by atoms with Gasteiger partial charge in [0, 0.05) is 29.4 Å². The molecule has 2 N–H and O–H groups in total. The lowest BCUT2D eigenvalue weighted by atomic mass is 10.3. The average molecular weight is 318 g/mol. The molecule has 0 aliphatic carbocycles. The standard InChI is InChI=1S/C11H14N2O3S3/c1-8-6-11(18-9(8)7-14)19(15,16)13-3-2-10-12-4-5-17-10/h4-6,13-14H,2-3,7H2,1H3. The minimum atomic E-state index is -3.49. The van der Waals surface area contributed by atoms with Crippen LogP contribution in [0.3, 0.4) is 0 Å². The minimum absolute atomic E-state index is 0.134. The summed E-state index contributed by atoms with van der Waals surface area (Å²) >= 11 is 2.60. The van der Waals surface area contributed by atoms with Gasteiger partial charge in [-0.25, -0.2) is 18.1 Å². The van der Waals surface area contributed by atoms with E-state index in [2.05, 4.69) is 9.71 Å². The van der Waals surface area contributed by atoms with Crippen molar-refractivity contribution in [2.75, 3.05) is 6.54 Å². The van der Waals surface area contributed by atoms with Gasteiger partial charge in [-0.05, 0) is 18.6 Å². The van der Waals surface area contributed by atoms with Gasteiger partial charge in [-0.3, -0.25) is 0 Å². The molecule has 2 aromatic heterocycles. The average Bonchev–Trinajstić information content (AvgIpc) is 2.98. The zero-order valence-electron chi connectivity index (χ0n) is 10.3. The molecule has 0 amide bonds. The number of aryl methyl sites for hydroxylation is 1. The van der Waals surface area contributed by atoms with E-state index in [4.69, 9.17) is 5.11 Å². The van der Waals surface area contributed by atoms with Crippen LogP contribution in [0, 0.1) is 6.92 Å². The molecule has 0 atom stereocenters. The molecule has 2 heterocycles. The van der Waals surface area contributed by atoms with Gasteiger partial charge in [0.05, 0.1) is 11.6 Å². The molecule has 0 aliphatic heterocycles. The van der Waals surface area contributed by atoms with E-state index in [0.29, 0.717) is 17.8 Å². The molecule has 0 saturated carbocycles. The van der Waals surface area contributed by atoms with E-state index in [9.17, 15) is 8.42 Å². The van der Waals surface area contributed by atoms with E-state index < -0.39 is 10.0 Å². The van der Waals surface area contributed by atoms with Crippen LogP contribution >= 0.6 is 22.7 Å². The van der Waals surface area contributed by atoms with E-state index in [-0.39, 0.29) is 10.8 Å². The number of aliphatic hydroxyl groups is 1. The predicted molar refractivity (Wildman–Crippen MR) is 76.0 cm³/mol. The number of hydrogen-bond acceptors (Lipinski definition) is 6. The second-order valence-corrected chi connectivity index (χ2v) is 8.01. The largest absolute Gasteiger partial charge is 0.391 e. The van der Waals surface area contributed by atoms with Crippen LogP contribution < -0.4 is 4.72 Å². The van der Waals surface area contributed by atoms with Crippen LogP contribution in [0.2, 0.25) is 0 Å². The third-order valence-electron chi connectivity index (χ3n) is 2.52. The van der Waals surface area contributed by atoms with Crippen molar-refractivity contribution in [3.63, 3.8) is 0 Å². The van der Waals surface area contributed by atoms with Gasteiger partial charge in [0.1, 0.15) is 4.21 Å². The first-order chi connectivity index (χ1) is 9.03. The number of nitrogens with zero attached hydrogens (tertiary/aromatic N) is 1. The van der Waals surface area contributed by atoms with Crippen molar-refractivity contribution in [2.45, 2.75) is 24.2 Å². The molecule has 0 spiro atoms. The molecule has 19 heavy (non-hydrogen) atoms. The van der Waals surface area contributed by atoms with Crippen LogP contribution in [0.1, 0.15) is 15.4 Å². The number of aliphatic hydroxyl groups excluding tert-OH is 1. The molecule has 0 unspecified atom stereocenters. The monoisotopic (exact) mass is 318 g/mol. The molecule has 104 valence electrons. The van der Waals surface area contributed by atoms with Crippen LogP contribution in [0.5, 0.6) is 0 Å². The summed E-state index contributed by atoms with van der Waals surface area (Å²) in [6.07, 6.45) is 2.28. The normalized spacial score (nSPS) is 11.9. The fourth-order valence-corrected chi connectivity index (χ4v) is 4.66. The van der Waals surface area contributed by atoms with Crippen LogP contribution in [-0.4, -0.2) is 25.1 Å². The van der Waals surface area contributed by atoms with Crippen LogP contribution in [-0.2, 0) is 23.1 Å². The second kappa shape index (κ2) is 6.10.